The molecule has 1 radical (unpaired) electrons. The van der Waals surface area contributed by atoms with Gasteiger partial charge in [-0.3, -0.25) is 0 Å². The summed E-state index contributed by atoms with van der Waals surface area (Å²) in [5, 5.41) is 0. The maximum atomic E-state index is 12.4. The van der Waals surface area contributed by atoms with Crippen molar-refractivity contribution in [2.45, 2.75) is 37.8 Å². The molecule has 0 spiro atoms. The number of halogens is 3. The lowest BCUT2D eigenvalue weighted by Gasteiger charge is -2.22. The summed E-state index contributed by atoms with van der Waals surface area (Å²) in [5.41, 5.74) is 0.472. The van der Waals surface area contributed by atoms with Gasteiger partial charge in [0.05, 0.1) is 5.56 Å². The highest BCUT2D eigenvalue weighted by molar-refractivity contribution is 5.27. The molecule has 0 aromatic heterocycles. The van der Waals surface area contributed by atoms with Gasteiger partial charge in [0.2, 0.25) is 0 Å². The number of rotatable bonds is 1. The van der Waals surface area contributed by atoms with Crippen molar-refractivity contribution in [3.05, 3.63) is 41.8 Å². The fourth-order valence-electron chi connectivity index (χ4n) is 2.19. The predicted molar refractivity (Wildman–Crippen MR) is 57.0 cm³/mol. The molecule has 1 aliphatic rings. The maximum absolute atomic E-state index is 12.4. The van der Waals surface area contributed by atoms with E-state index in [4.69, 9.17) is 0 Å². The molecule has 87 valence electrons. The molecule has 1 fully saturated rings. The molecule has 2 rings (SSSR count). The van der Waals surface area contributed by atoms with Crippen LogP contribution in [0.25, 0.3) is 0 Å². The average Bonchev–Trinajstić information content (AvgIpc) is 2.29. The third-order valence-electron chi connectivity index (χ3n) is 3.12. The molecular weight excluding hydrogens is 213 g/mol. The van der Waals surface area contributed by atoms with Gasteiger partial charge in [-0.1, -0.05) is 25.0 Å². The van der Waals surface area contributed by atoms with E-state index in [1.807, 2.05) is 0 Å². The van der Waals surface area contributed by atoms with Crippen LogP contribution in [0.1, 0.15) is 42.7 Å². The Bertz CT molecular complexity index is 331. The Morgan fingerprint density at radius 2 is 1.75 bits per heavy atom. The molecule has 16 heavy (non-hydrogen) atoms. The molecule has 1 unspecified atom stereocenters. The summed E-state index contributed by atoms with van der Waals surface area (Å²) < 4.78 is 37.1. The van der Waals surface area contributed by atoms with Crippen LogP contribution in [0.3, 0.4) is 0 Å². The van der Waals surface area contributed by atoms with E-state index in [9.17, 15) is 13.2 Å². The van der Waals surface area contributed by atoms with Crippen LogP contribution in [0, 0.1) is 6.42 Å². The van der Waals surface area contributed by atoms with Crippen LogP contribution in [0.5, 0.6) is 0 Å². The third kappa shape index (κ3) is 2.57. The van der Waals surface area contributed by atoms with Crippen molar-refractivity contribution in [2.24, 2.45) is 0 Å². The summed E-state index contributed by atoms with van der Waals surface area (Å²) in [6, 6.07) is 5.60. The van der Waals surface area contributed by atoms with Gasteiger partial charge in [-0.2, -0.15) is 13.2 Å². The molecule has 1 aromatic carbocycles. The summed E-state index contributed by atoms with van der Waals surface area (Å²) in [6.45, 7) is 0. The second kappa shape index (κ2) is 4.48. The third-order valence-corrected chi connectivity index (χ3v) is 3.12. The molecule has 0 N–H and O–H groups in total. The molecule has 0 amide bonds. The van der Waals surface area contributed by atoms with Gasteiger partial charge < -0.3 is 0 Å². The molecule has 1 saturated carbocycles. The minimum atomic E-state index is -4.22. The van der Waals surface area contributed by atoms with Gasteiger partial charge >= 0.3 is 6.18 Å². The molecule has 1 aliphatic carbocycles. The maximum Gasteiger partial charge on any atom is 0.416 e. The van der Waals surface area contributed by atoms with E-state index in [1.54, 1.807) is 12.1 Å². The van der Waals surface area contributed by atoms with Crippen LogP contribution >= 0.6 is 0 Å². The zero-order valence-electron chi connectivity index (χ0n) is 8.93. The van der Waals surface area contributed by atoms with E-state index in [0.29, 0.717) is 5.92 Å². The van der Waals surface area contributed by atoms with Crippen LogP contribution in [0.2, 0.25) is 0 Å². The lowest BCUT2D eigenvalue weighted by Crippen LogP contribution is -2.07. The van der Waals surface area contributed by atoms with Crippen molar-refractivity contribution >= 4 is 0 Å². The van der Waals surface area contributed by atoms with Crippen molar-refractivity contribution < 1.29 is 13.2 Å². The van der Waals surface area contributed by atoms with E-state index in [1.165, 1.54) is 12.1 Å². The number of hydrogen-bond acceptors (Lipinski definition) is 0. The summed E-state index contributed by atoms with van der Waals surface area (Å²) in [4.78, 5) is 0. The van der Waals surface area contributed by atoms with E-state index >= 15 is 0 Å². The van der Waals surface area contributed by atoms with Gasteiger partial charge in [0.1, 0.15) is 0 Å². The summed E-state index contributed by atoms with van der Waals surface area (Å²) in [7, 11) is 0. The first kappa shape index (κ1) is 11.5. The Kier molecular flexibility index (Phi) is 3.22. The Morgan fingerprint density at radius 3 is 2.25 bits per heavy atom. The summed E-state index contributed by atoms with van der Waals surface area (Å²) >= 11 is 0. The van der Waals surface area contributed by atoms with Gasteiger partial charge in [-0.05, 0) is 42.9 Å². The Morgan fingerprint density at radius 1 is 1.06 bits per heavy atom. The first-order chi connectivity index (χ1) is 7.57. The molecule has 0 saturated heterocycles. The first-order valence-corrected chi connectivity index (χ1v) is 5.56. The van der Waals surface area contributed by atoms with Crippen molar-refractivity contribution in [2.75, 3.05) is 0 Å². The van der Waals surface area contributed by atoms with Gasteiger partial charge in [-0.25, -0.2) is 0 Å². The smallest absolute Gasteiger partial charge is 0.166 e. The normalized spacial score (nSPS) is 18.7. The molecular formula is C13H14F3. The van der Waals surface area contributed by atoms with E-state index in [-0.39, 0.29) is 0 Å². The van der Waals surface area contributed by atoms with Crippen molar-refractivity contribution in [3.63, 3.8) is 0 Å². The lowest BCUT2D eigenvalue weighted by molar-refractivity contribution is -0.137. The molecule has 0 bridgehead atoms. The van der Waals surface area contributed by atoms with E-state index in [2.05, 4.69) is 6.42 Å². The number of benzene rings is 1. The SMILES string of the molecule is FC(F)(F)c1ccc(C2C[CH]CCC2)cc1. The molecule has 0 aliphatic heterocycles. The first-order valence-electron chi connectivity index (χ1n) is 5.56. The largest absolute Gasteiger partial charge is 0.416 e. The van der Waals surface area contributed by atoms with Crippen LogP contribution in [0.4, 0.5) is 13.2 Å². The quantitative estimate of drug-likeness (QED) is 0.659. The Balaban J connectivity index is 2.12. The monoisotopic (exact) mass is 227 g/mol. The van der Waals surface area contributed by atoms with Crippen LogP contribution < -0.4 is 0 Å². The van der Waals surface area contributed by atoms with E-state index in [0.717, 1.165) is 31.2 Å². The van der Waals surface area contributed by atoms with Gasteiger partial charge in [0.25, 0.3) is 0 Å². The topological polar surface area (TPSA) is 0 Å². The number of alkyl halides is 3. The van der Waals surface area contributed by atoms with Gasteiger partial charge in [0.15, 0.2) is 0 Å². The molecule has 1 atom stereocenters. The Hall–Kier alpha value is -0.990. The van der Waals surface area contributed by atoms with Crippen LogP contribution in [-0.4, -0.2) is 0 Å². The van der Waals surface area contributed by atoms with Crippen molar-refractivity contribution in [1.29, 1.82) is 0 Å². The minimum Gasteiger partial charge on any atom is -0.166 e. The van der Waals surface area contributed by atoms with Gasteiger partial charge in [0, 0.05) is 0 Å². The van der Waals surface area contributed by atoms with Crippen LogP contribution in [-0.2, 0) is 6.18 Å². The minimum absolute atomic E-state index is 0.413. The standard InChI is InChI=1S/C13H14F3/c14-13(15,16)12-8-6-11(7-9-12)10-4-2-1-3-5-10/h2,6-10H,1,3-5H2. The molecule has 0 heterocycles. The second-order valence-electron chi connectivity index (χ2n) is 4.27. The zero-order valence-corrected chi connectivity index (χ0v) is 8.93. The van der Waals surface area contributed by atoms with E-state index < -0.39 is 11.7 Å². The summed E-state index contributed by atoms with van der Waals surface area (Å²) in [6.07, 6.45) is 2.36. The molecule has 3 heteroatoms. The average molecular weight is 227 g/mol. The van der Waals surface area contributed by atoms with Crippen molar-refractivity contribution in [3.8, 4) is 0 Å². The fraction of sp³-hybridized carbons (Fsp3) is 0.462. The second-order valence-corrected chi connectivity index (χ2v) is 4.27. The molecule has 1 aromatic rings. The van der Waals surface area contributed by atoms with Gasteiger partial charge in [-0.15, -0.1) is 0 Å². The zero-order chi connectivity index (χ0) is 11.6. The summed E-state index contributed by atoms with van der Waals surface area (Å²) in [5.74, 6) is 0.413. The van der Waals surface area contributed by atoms with Crippen LogP contribution in [0.15, 0.2) is 24.3 Å². The Labute approximate surface area is 93.5 Å². The highest BCUT2D eigenvalue weighted by atomic mass is 19.4. The predicted octanol–water partition coefficient (Wildman–Crippen LogP) is 4.57. The highest BCUT2D eigenvalue weighted by Gasteiger charge is 2.30. The number of hydrogen-bond donors (Lipinski definition) is 0. The highest BCUT2D eigenvalue weighted by Crippen LogP contribution is 2.34. The molecule has 0 nitrogen and oxygen atoms in total. The van der Waals surface area contributed by atoms with Crippen molar-refractivity contribution in [1.82, 2.24) is 0 Å². The fourth-order valence-corrected chi connectivity index (χ4v) is 2.19. The lowest BCUT2D eigenvalue weighted by atomic mass is 9.84.